The van der Waals surface area contributed by atoms with Gasteiger partial charge in [0, 0.05) is 4.90 Å². The van der Waals surface area contributed by atoms with Crippen LogP contribution in [0.4, 0.5) is 5.82 Å². The van der Waals surface area contributed by atoms with Gasteiger partial charge in [-0.05, 0) is 39.3 Å². The maximum atomic E-state index is 12.2. The minimum Gasteiger partial charge on any atom is -0.462 e. The second kappa shape index (κ2) is 7.37. The van der Waals surface area contributed by atoms with Gasteiger partial charge in [-0.3, -0.25) is 0 Å². The fraction of sp³-hybridized carbons (Fsp3) is 0.316. The van der Waals surface area contributed by atoms with Gasteiger partial charge in [0.05, 0.1) is 17.7 Å². The van der Waals surface area contributed by atoms with Gasteiger partial charge >= 0.3 is 5.97 Å². The third-order valence-corrected chi connectivity index (χ3v) is 5.14. The van der Waals surface area contributed by atoms with Crippen LogP contribution in [-0.2, 0) is 10.5 Å². The van der Waals surface area contributed by atoms with E-state index in [0.717, 1.165) is 0 Å². The molecular formula is C19H21N3O3S. The zero-order valence-corrected chi connectivity index (χ0v) is 16.1. The number of carbonyl (C=O) groups excluding carboxylic acids is 1. The lowest BCUT2D eigenvalue weighted by Gasteiger charge is -2.07. The second-order valence-electron chi connectivity index (χ2n) is 6.02. The summed E-state index contributed by atoms with van der Waals surface area (Å²) >= 11 is 1.64. The van der Waals surface area contributed by atoms with Crippen LogP contribution in [0.3, 0.4) is 0 Å². The highest BCUT2D eigenvalue weighted by molar-refractivity contribution is 7.98. The largest absolute Gasteiger partial charge is 0.462 e. The highest BCUT2D eigenvalue weighted by Crippen LogP contribution is 2.31. The Morgan fingerprint density at radius 2 is 2.04 bits per heavy atom. The van der Waals surface area contributed by atoms with E-state index in [1.165, 1.54) is 16.0 Å². The molecule has 3 rings (SSSR count). The molecule has 0 aliphatic rings. The van der Waals surface area contributed by atoms with E-state index < -0.39 is 5.97 Å². The number of nitrogens with zero attached hydrogens (tertiary/aromatic N) is 2. The molecule has 0 unspecified atom stereocenters. The van der Waals surface area contributed by atoms with Crippen LogP contribution >= 0.6 is 11.8 Å². The fourth-order valence-corrected chi connectivity index (χ4v) is 3.68. The van der Waals surface area contributed by atoms with Crippen LogP contribution < -0.4 is 5.73 Å². The van der Waals surface area contributed by atoms with Gasteiger partial charge in [-0.1, -0.05) is 17.7 Å². The number of thioether (sulfide) groups is 1. The maximum Gasteiger partial charge on any atom is 0.342 e. The van der Waals surface area contributed by atoms with Crippen LogP contribution in [0.25, 0.3) is 11.1 Å². The van der Waals surface area contributed by atoms with Crippen LogP contribution in [0.2, 0.25) is 0 Å². The summed E-state index contributed by atoms with van der Waals surface area (Å²) in [6.07, 6.45) is 0. The number of carbonyl (C=O) groups is 1. The summed E-state index contributed by atoms with van der Waals surface area (Å²) < 4.78 is 10.7. The van der Waals surface area contributed by atoms with Crippen LogP contribution in [-0.4, -0.2) is 22.5 Å². The van der Waals surface area contributed by atoms with Gasteiger partial charge in [-0.15, -0.1) is 11.8 Å². The smallest absolute Gasteiger partial charge is 0.342 e. The number of rotatable bonds is 5. The van der Waals surface area contributed by atoms with E-state index >= 15 is 0 Å². The van der Waals surface area contributed by atoms with E-state index in [0.29, 0.717) is 34.0 Å². The summed E-state index contributed by atoms with van der Waals surface area (Å²) in [5, 5.41) is 0.418. The molecule has 0 aliphatic heterocycles. The number of ether oxygens (including phenoxy) is 1. The number of esters is 1. The zero-order chi connectivity index (χ0) is 18.8. The van der Waals surface area contributed by atoms with Crippen molar-refractivity contribution in [1.29, 1.82) is 0 Å². The lowest BCUT2D eigenvalue weighted by Crippen LogP contribution is -2.07. The van der Waals surface area contributed by atoms with E-state index in [2.05, 4.69) is 42.0 Å². The lowest BCUT2D eigenvalue weighted by molar-refractivity contribution is 0.0526. The number of furan rings is 1. The molecule has 0 bridgehead atoms. The van der Waals surface area contributed by atoms with Crippen molar-refractivity contribution in [3.63, 3.8) is 0 Å². The Hall–Kier alpha value is -2.54. The van der Waals surface area contributed by atoms with Gasteiger partial charge in [-0.2, -0.15) is 4.98 Å². The quantitative estimate of drug-likeness (QED) is 0.531. The molecular weight excluding hydrogens is 350 g/mol. The Labute approximate surface area is 156 Å². The van der Waals surface area contributed by atoms with Crippen LogP contribution in [0, 0.1) is 20.8 Å². The van der Waals surface area contributed by atoms with Gasteiger partial charge in [0.2, 0.25) is 5.71 Å². The van der Waals surface area contributed by atoms with Crippen molar-refractivity contribution in [2.45, 2.75) is 38.3 Å². The molecule has 0 spiro atoms. The van der Waals surface area contributed by atoms with Gasteiger partial charge in [0.25, 0.3) is 0 Å². The Morgan fingerprint density at radius 1 is 1.27 bits per heavy atom. The second-order valence-corrected chi connectivity index (χ2v) is 7.03. The number of aromatic nitrogens is 2. The standard InChI is InChI=1S/C19H21N3O3S/c1-5-24-19(23)15-12(4)25-18-16(15)17(20)21-14(22-18)9-26-13-8-10(2)6-7-11(13)3/h6-8H,5,9H2,1-4H3,(H2,20,21,22). The predicted octanol–water partition coefficient (Wildman–Crippen LogP) is 4.20. The molecule has 26 heavy (non-hydrogen) atoms. The number of hydrogen-bond acceptors (Lipinski definition) is 7. The monoisotopic (exact) mass is 371 g/mol. The maximum absolute atomic E-state index is 12.2. The average Bonchev–Trinajstić information content (AvgIpc) is 2.92. The molecule has 0 aliphatic carbocycles. The first-order valence-corrected chi connectivity index (χ1v) is 9.32. The molecule has 0 saturated carbocycles. The number of benzene rings is 1. The van der Waals surface area contributed by atoms with Crippen molar-refractivity contribution in [2.75, 3.05) is 12.3 Å². The van der Waals surface area contributed by atoms with Crippen molar-refractivity contribution in [3.05, 3.63) is 46.5 Å². The third-order valence-electron chi connectivity index (χ3n) is 3.98. The molecule has 1 aromatic carbocycles. The zero-order valence-electron chi connectivity index (χ0n) is 15.3. The summed E-state index contributed by atoms with van der Waals surface area (Å²) in [6.45, 7) is 7.85. The van der Waals surface area contributed by atoms with E-state index in [1.807, 2.05) is 0 Å². The molecule has 0 radical (unpaired) electrons. The van der Waals surface area contributed by atoms with Crippen molar-refractivity contribution in [2.24, 2.45) is 0 Å². The molecule has 2 N–H and O–H groups in total. The number of nitrogen functional groups attached to an aromatic ring is 1. The van der Waals surface area contributed by atoms with Crippen LogP contribution in [0.15, 0.2) is 27.5 Å². The van der Waals surface area contributed by atoms with Crippen molar-refractivity contribution < 1.29 is 13.9 Å². The molecule has 7 heteroatoms. The number of anilines is 1. The molecule has 2 aromatic heterocycles. The minimum absolute atomic E-state index is 0.228. The normalized spacial score (nSPS) is 11.1. The van der Waals surface area contributed by atoms with Gasteiger partial charge < -0.3 is 14.9 Å². The Balaban J connectivity index is 1.92. The van der Waals surface area contributed by atoms with Gasteiger partial charge in [-0.25, -0.2) is 9.78 Å². The number of fused-ring (bicyclic) bond motifs is 1. The molecule has 0 amide bonds. The summed E-state index contributed by atoms with van der Waals surface area (Å²) in [5.74, 6) is 1.30. The van der Waals surface area contributed by atoms with E-state index in [9.17, 15) is 4.79 Å². The Bertz CT molecular complexity index is 982. The summed E-state index contributed by atoms with van der Waals surface area (Å²) in [7, 11) is 0. The average molecular weight is 371 g/mol. The first-order valence-electron chi connectivity index (χ1n) is 8.33. The molecule has 0 saturated heterocycles. The molecule has 0 fully saturated rings. The first kappa shape index (κ1) is 18.3. The van der Waals surface area contributed by atoms with Crippen LogP contribution in [0.1, 0.15) is 40.0 Å². The molecule has 0 atom stereocenters. The third kappa shape index (κ3) is 3.53. The molecule has 2 heterocycles. The number of nitrogens with two attached hydrogens (primary N) is 1. The Kier molecular flexibility index (Phi) is 5.18. The molecule has 6 nitrogen and oxygen atoms in total. The van der Waals surface area contributed by atoms with E-state index in [-0.39, 0.29) is 12.4 Å². The van der Waals surface area contributed by atoms with Gasteiger partial charge in [0.15, 0.2) is 0 Å². The van der Waals surface area contributed by atoms with E-state index in [4.69, 9.17) is 14.9 Å². The summed E-state index contributed by atoms with van der Waals surface area (Å²) in [5.41, 5.74) is 9.12. The molecule has 3 aromatic rings. The first-order chi connectivity index (χ1) is 12.4. The predicted molar refractivity (Wildman–Crippen MR) is 102 cm³/mol. The highest BCUT2D eigenvalue weighted by atomic mass is 32.2. The summed E-state index contributed by atoms with van der Waals surface area (Å²) in [6, 6.07) is 6.32. The topological polar surface area (TPSA) is 91.2 Å². The fourth-order valence-electron chi connectivity index (χ4n) is 2.70. The van der Waals surface area contributed by atoms with Crippen LogP contribution in [0.5, 0.6) is 0 Å². The number of hydrogen-bond donors (Lipinski definition) is 1. The number of aryl methyl sites for hydroxylation is 3. The Morgan fingerprint density at radius 3 is 2.77 bits per heavy atom. The molecule has 136 valence electrons. The van der Waals surface area contributed by atoms with Crippen molar-refractivity contribution >= 4 is 34.6 Å². The highest BCUT2D eigenvalue weighted by Gasteiger charge is 2.23. The lowest BCUT2D eigenvalue weighted by atomic mass is 10.2. The SMILES string of the molecule is CCOC(=O)c1c(C)oc2nc(CSc3cc(C)ccc3C)nc(N)c12. The minimum atomic E-state index is -0.475. The van der Waals surface area contributed by atoms with Gasteiger partial charge in [0.1, 0.15) is 23.0 Å². The van der Waals surface area contributed by atoms with Crippen molar-refractivity contribution in [3.8, 4) is 0 Å². The summed E-state index contributed by atoms with van der Waals surface area (Å²) in [4.78, 5) is 22.1. The van der Waals surface area contributed by atoms with Crippen molar-refractivity contribution in [1.82, 2.24) is 9.97 Å². The van der Waals surface area contributed by atoms with E-state index in [1.54, 1.807) is 25.6 Å².